The van der Waals surface area contributed by atoms with Crippen molar-refractivity contribution in [1.82, 2.24) is 0 Å². The fourth-order valence-electron chi connectivity index (χ4n) is 10.4. The Labute approximate surface area is 263 Å². The molecule has 0 amide bonds. The summed E-state index contributed by atoms with van der Waals surface area (Å²) >= 11 is 0. The molecule has 0 radical (unpaired) electrons. The average Bonchev–Trinajstić information content (AvgIpc) is 3.28. The number of rotatable bonds is 11. The second-order valence-corrected chi connectivity index (χ2v) is 15.1. The van der Waals surface area contributed by atoms with Gasteiger partial charge < -0.3 is 24.1 Å². The Balaban J connectivity index is 1.48. The van der Waals surface area contributed by atoms with Gasteiger partial charge >= 0.3 is 23.9 Å². The third-order valence-electron chi connectivity index (χ3n) is 12.4. The Kier molecular flexibility index (Phi) is 11.1. The number of carbonyl (C=O) groups is 4. The highest BCUT2D eigenvalue weighted by Crippen LogP contribution is 2.69. The summed E-state index contributed by atoms with van der Waals surface area (Å²) < 4.78 is 22.2. The van der Waals surface area contributed by atoms with Gasteiger partial charge in [-0.25, -0.2) is 0 Å². The molecule has 4 fully saturated rings. The molecule has 0 heterocycles. The van der Waals surface area contributed by atoms with E-state index in [4.69, 9.17) is 18.9 Å². The lowest BCUT2D eigenvalue weighted by molar-refractivity contribution is -0.218. The second-order valence-electron chi connectivity index (χ2n) is 15.1. The molecule has 1 N–H and O–H groups in total. The Morgan fingerprint density at radius 1 is 0.795 bits per heavy atom. The van der Waals surface area contributed by atoms with E-state index in [0.29, 0.717) is 18.3 Å². The van der Waals surface area contributed by atoms with Gasteiger partial charge in [-0.3, -0.25) is 19.2 Å². The van der Waals surface area contributed by atoms with Crippen LogP contribution in [0.1, 0.15) is 113 Å². The number of ether oxygens (including phenoxy) is 4. The van der Waals surface area contributed by atoms with Gasteiger partial charge in [0.1, 0.15) is 12.2 Å². The van der Waals surface area contributed by atoms with Crippen molar-refractivity contribution in [3.63, 3.8) is 0 Å². The van der Waals surface area contributed by atoms with Crippen molar-refractivity contribution in [2.24, 2.45) is 52.3 Å². The molecule has 0 saturated heterocycles. The lowest BCUT2D eigenvalue weighted by Gasteiger charge is -2.64. The minimum absolute atomic E-state index is 0.00285. The first-order chi connectivity index (χ1) is 20.7. The molecule has 0 aliphatic heterocycles. The molecule has 0 bridgehead atoms. The van der Waals surface area contributed by atoms with E-state index in [1.54, 1.807) is 0 Å². The van der Waals surface area contributed by atoms with Crippen LogP contribution in [0, 0.1) is 52.3 Å². The van der Waals surface area contributed by atoms with Crippen molar-refractivity contribution >= 4 is 23.9 Å². The minimum Gasteiger partial charge on any atom is -0.465 e. The molecule has 0 aromatic heterocycles. The Morgan fingerprint density at radius 2 is 1.43 bits per heavy atom. The summed E-state index contributed by atoms with van der Waals surface area (Å²) in [5.74, 6) is 0.469. The summed E-state index contributed by atoms with van der Waals surface area (Å²) in [6.07, 6.45) is 8.03. The van der Waals surface area contributed by atoms with E-state index in [9.17, 15) is 24.3 Å². The third kappa shape index (κ3) is 7.28. The second kappa shape index (κ2) is 14.1. The van der Waals surface area contributed by atoms with Gasteiger partial charge in [0.2, 0.25) is 0 Å². The maximum Gasteiger partial charge on any atom is 0.302 e. The van der Waals surface area contributed by atoms with Crippen LogP contribution in [0.15, 0.2) is 0 Å². The lowest BCUT2D eigenvalue weighted by Crippen LogP contribution is -2.63. The van der Waals surface area contributed by atoms with Gasteiger partial charge in [0.05, 0.1) is 19.3 Å². The molecule has 9 heteroatoms. The molecule has 4 rings (SSSR count). The van der Waals surface area contributed by atoms with Gasteiger partial charge in [-0.05, 0) is 91.8 Å². The van der Waals surface area contributed by atoms with Gasteiger partial charge in [-0.15, -0.1) is 0 Å². The third-order valence-corrected chi connectivity index (χ3v) is 12.4. The molecule has 0 aromatic rings. The maximum atomic E-state index is 12.4. The summed E-state index contributed by atoms with van der Waals surface area (Å²) in [5, 5.41) is 12.0. The van der Waals surface area contributed by atoms with Crippen molar-refractivity contribution < 1.29 is 43.2 Å². The van der Waals surface area contributed by atoms with Gasteiger partial charge in [0.15, 0.2) is 0 Å². The summed E-state index contributed by atoms with van der Waals surface area (Å²) in [7, 11) is 0. The topological polar surface area (TPSA) is 125 Å². The lowest BCUT2D eigenvalue weighted by atomic mass is 9.43. The number of hydrogen-bond donors (Lipinski definition) is 1. The normalized spacial score (nSPS) is 38.5. The highest BCUT2D eigenvalue weighted by atomic mass is 16.6. The fraction of sp³-hybridized carbons (Fsp3) is 0.886. The quantitative estimate of drug-likeness (QED) is 0.231. The van der Waals surface area contributed by atoms with Crippen molar-refractivity contribution in [3.05, 3.63) is 0 Å². The minimum atomic E-state index is -0.441. The van der Waals surface area contributed by atoms with Crippen LogP contribution in [-0.4, -0.2) is 60.5 Å². The molecule has 4 aliphatic rings. The van der Waals surface area contributed by atoms with E-state index >= 15 is 0 Å². The van der Waals surface area contributed by atoms with Crippen molar-refractivity contribution in [2.45, 2.75) is 131 Å². The largest absolute Gasteiger partial charge is 0.465 e. The molecular formula is C35H56O9. The van der Waals surface area contributed by atoms with E-state index < -0.39 is 6.10 Å². The molecule has 0 spiro atoms. The van der Waals surface area contributed by atoms with Gasteiger partial charge in [-0.2, -0.15) is 0 Å². The molecule has 11 atom stereocenters. The van der Waals surface area contributed by atoms with Gasteiger partial charge in [0.25, 0.3) is 0 Å². The molecule has 0 aromatic carbocycles. The molecule has 4 aliphatic carbocycles. The van der Waals surface area contributed by atoms with Crippen LogP contribution in [0.3, 0.4) is 0 Å². The van der Waals surface area contributed by atoms with Crippen molar-refractivity contribution in [1.29, 1.82) is 0 Å². The number of esters is 4. The van der Waals surface area contributed by atoms with Crippen molar-refractivity contribution in [2.75, 3.05) is 13.2 Å². The maximum absolute atomic E-state index is 12.4. The average molecular weight is 621 g/mol. The first-order valence-electron chi connectivity index (χ1n) is 17.0. The predicted molar refractivity (Wildman–Crippen MR) is 163 cm³/mol. The Hall–Kier alpha value is -2.16. The predicted octanol–water partition coefficient (Wildman–Crippen LogP) is 5.64. The number of fused-ring (bicyclic) bond motifs is 5. The summed E-state index contributed by atoms with van der Waals surface area (Å²) in [6.45, 7) is 13.2. The summed E-state index contributed by atoms with van der Waals surface area (Å²) in [6, 6.07) is 0. The zero-order valence-corrected chi connectivity index (χ0v) is 28.0. The smallest absolute Gasteiger partial charge is 0.302 e. The SMILES string of the molecule is CC(=O)OCC(CCCC(C)C1CCC2C3C(OC(C)=O)CC4CC(OC(C)=O)CCC4(C)C3CC(O)C12C)COC(C)=O. The van der Waals surface area contributed by atoms with E-state index in [1.807, 2.05) is 0 Å². The first-order valence-corrected chi connectivity index (χ1v) is 17.0. The van der Waals surface area contributed by atoms with Crippen LogP contribution >= 0.6 is 0 Å². The van der Waals surface area contributed by atoms with E-state index in [0.717, 1.165) is 57.8 Å². The molecule has 4 saturated carbocycles. The highest BCUT2D eigenvalue weighted by Gasteiger charge is 2.66. The molecule has 250 valence electrons. The van der Waals surface area contributed by atoms with Gasteiger partial charge in [0, 0.05) is 39.5 Å². The number of aliphatic hydroxyl groups excluding tert-OH is 1. The molecule has 11 unspecified atom stereocenters. The molecule has 9 nitrogen and oxygen atoms in total. The van der Waals surface area contributed by atoms with Crippen LogP contribution in [-0.2, 0) is 38.1 Å². The summed E-state index contributed by atoms with van der Waals surface area (Å²) in [4.78, 5) is 46.9. The van der Waals surface area contributed by atoms with Crippen LogP contribution in [0.2, 0.25) is 0 Å². The summed E-state index contributed by atoms with van der Waals surface area (Å²) in [5.41, 5.74) is -0.269. The fourth-order valence-corrected chi connectivity index (χ4v) is 10.4. The van der Waals surface area contributed by atoms with E-state index in [-0.39, 0.29) is 89.7 Å². The zero-order valence-electron chi connectivity index (χ0n) is 28.0. The zero-order chi connectivity index (χ0) is 32.4. The highest BCUT2D eigenvalue weighted by molar-refractivity contribution is 5.67. The van der Waals surface area contributed by atoms with Crippen LogP contribution in [0.4, 0.5) is 0 Å². The van der Waals surface area contributed by atoms with E-state index in [2.05, 4.69) is 20.8 Å². The van der Waals surface area contributed by atoms with Crippen LogP contribution in [0.5, 0.6) is 0 Å². The van der Waals surface area contributed by atoms with Crippen molar-refractivity contribution in [3.8, 4) is 0 Å². The number of carbonyl (C=O) groups excluding carboxylic acids is 4. The van der Waals surface area contributed by atoms with Crippen LogP contribution in [0.25, 0.3) is 0 Å². The van der Waals surface area contributed by atoms with Gasteiger partial charge in [-0.1, -0.05) is 33.6 Å². The Morgan fingerprint density at radius 3 is 2.02 bits per heavy atom. The molecular weight excluding hydrogens is 564 g/mol. The van der Waals surface area contributed by atoms with E-state index in [1.165, 1.54) is 27.7 Å². The molecule has 44 heavy (non-hydrogen) atoms. The first kappa shape index (κ1) is 34.7. The standard InChI is InChI=1S/C35H56O9/c1-20(9-8-10-25(18-41-21(2)36)19-42-22(3)37)28-11-12-29-33-30(17-32(40)35(28,29)7)34(6)14-13-27(43-23(4)38)15-26(34)16-31(33)44-24(5)39/h20,25-33,40H,8-19H2,1-7H3. The number of hydrogen-bond acceptors (Lipinski definition) is 9. The van der Waals surface area contributed by atoms with Crippen LogP contribution < -0.4 is 0 Å². The monoisotopic (exact) mass is 620 g/mol. The Bertz CT molecular complexity index is 1040. The number of aliphatic hydroxyl groups is 1.